The SMILES string of the molecule is CCCNCc1nccn1CC(=O)NC1CC1. The highest BCUT2D eigenvalue weighted by Crippen LogP contribution is 2.18. The van der Waals surface area contributed by atoms with Gasteiger partial charge in [0.2, 0.25) is 5.91 Å². The number of aromatic nitrogens is 2. The van der Waals surface area contributed by atoms with E-state index in [1.165, 1.54) is 0 Å². The quantitative estimate of drug-likeness (QED) is 0.684. The second kappa shape index (κ2) is 5.82. The maximum absolute atomic E-state index is 11.7. The molecule has 1 aromatic rings. The summed E-state index contributed by atoms with van der Waals surface area (Å²) in [5, 5.41) is 6.27. The maximum atomic E-state index is 11.7. The molecule has 0 unspecified atom stereocenters. The Hall–Kier alpha value is -1.36. The predicted octanol–water partition coefficient (Wildman–Crippen LogP) is 0.661. The standard InChI is InChI=1S/C12H20N4O/c1-2-5-13-8-11-14-6-7-16(11)9-12(17)15-10-3-4-10/h6-7,10,13H,2-5,8-9H2,1H3,(H,15,17). The van der Waals surface area contributed by atoms with E-state index in [4.69, 9.17) is 0 Å². The molecule has 1 amide bonds. The van der Waals surface area contributed by atoms with Crippen molar-refractivity contribution in [1.29, 1.82) is 0 Å². The molecule has 5 nitrogen and oxygen atoms in total. The number of nitrogens with zero attached hydrogens (tertiary/aromatic N) is 2. The van der Waals surface area contributed by atoms with Crippen LogP contribution in [0.1, 0.15) is 32.0 Å². The fraction of sp³-hybridized carbons (Fsp3) is 0.667. The van der Waals surface area contributed by atoms with Gasteiger partial charge in [0.1, 0.15) is 12.4 Å². The van der Waals surface area contributed by atoms with Crippen molar-refractivity contribution in [3.8, 4) is 0 Å². The van der Waals surface area contributed by atoms with Crippen LogP contribution in [0.4, 0.5) is 0 Å². The zero-order valence-electron chi connectivity index (χ0n) is 10.3. The van der Waals surface area contributed by atoms with E-state index in [0.29, 0.717) is 12.6 Å². The molecule has 0 saturated heterocycles. The highest BCUT2D eigenvalue weighted by atomic mass is 16.2. The Morgan fingerprint density at radius 1 is 1.59 bits per heavy atom. The first-order chi connectivity index (χ1) is 8.29. The first kappa shape index (κ1) is 12.1. The van der Waals surface area contributed by atoms with Gasteiger partial charge in [0.25, 0.3) is 0 Å². The van der Waals surface area contributed by atoms with Gasteiger partial charge in [0, 0.05) is 18.4 Å². The van der Waals surface area contributed by atoms with Gasteiger partial charge >= 0.3 is 0 Å². The minimum Gasteiger partial charge on any atom is -0.352 e. The largest absolute Gasteiger partial charge is 0.352 e. The summed E-state index contributed by atoms with van der Waals surface area (Å²) >= 11 is 0. The van der Waals surface area contributed by atoms with Crippen LogP contribution in [-0.4, -0.2) is 28.0 Å². The number of amides is 1. The van der Waals surface area contributed by atoms with Crippen LogP contribution in [0.3, 0.4) is 0 Å². The van der Waals surface area contributed by atoms with Crippen molar-refractivity contribution in [2.45, 2.75) is 45.3 Å². The Morgan fingerprint density at radius 2 is 2.41 bits per heavy atom. The summed E-state index contributed by atoms with van der Waals surface area (Å²) in [7, 11) is 0. The number of carbonyl (C=O) groups is 1. The lowest BCUT2D eigenvalue weighted by Gasteiger charge is -2.08. The lowest BCUT2D eigenvalue weighted by atomic mass is 10.4. The van der Waals surface area contributed by atoms with E-state index in [-0.39, 0.29) is 5.91 Å². The Bertz CT molecular complexity index is 370. The van der Waals surface area contributed by atoms with Crippen LogP contribution in [0, 0.1) is 0 Å². The molecule has 1 fully saturated rings. The molecule has 1 heterocycles. The third-order valence-electron chi connectivity index (χ3n) is 2.77. The lowest BCUT2D eigenvalue weighted by molar-refractivity contribution is -0.121. The maximum Gasteiger partial charge on any atom is 0.240 e. The highest BCUT2D eigenvalue weighted by Gasteiger charge is 2.23. The summed E-state index contributed by atoms with van der Waals surface area (Å²) in [6.45, 7) is 4.20. The summed E-state index contributed by atoms with van der Waals surface area (Å²) in [5.74, 6) is 1.01. The van der Waals surface area contributed by atoms with Crippen molar-refractivity contribution >= 4 is 5.91 Å². The minimum absolute atomic E-state index is 0.0854. The minimum atomic E-state index is 0.0854. The molecule has 0 atom stereocenters. The molecule has 94 valence electrons. The normalized spacial score (nSPS) is 14.9. The molecule has 2 N–H and O–H groups in total. The van der Waals surface area contributed by atoms with Crippen molar-refractivity contribution in [1.82, 2.24) is 20.2 Å². The van der Waals surface area contributed by atoms with Gasteiger partial charge in [-0.25, -0.2) is 4.98 Å². The van der Waals surface area contributed by atoms with Crippen molar-refractivity contribution in [2.24, 2.45) is 0 Å². The van der Waals surface area contributed by atoms with Crippen molar-refractivity contribution in [3.05, 3.63) is 18.2 Å². The predicted molar refractivity (Wildman–Crippen MR) is 65.4 cm³/mol. The molecular formula is C12H20N4O. The van der Waals surface area contributed by atoms with Crippen molar-refractivity contribution < 1.29 is 4.79 Å². The van der Waals surface area contributed by atoms with E-state index < -0.39 is 0 Å². The number of hydrogen-bond acceptors (Lipinski definition) is 3. The van der Waals surface area contributed by atoms with Gasteiger partial charge in [-0.15, -0.1) is 0 Å². The molecule has 0 bridgehead atoms. The smallest absolute Gasteiger partial charge is 0.240 e. The Kier molecular flexibility index (Phi) is 4.14. The van der Waals surface area contributed by atoms with Gasteiger partial charge in [0.15, 0.2) is 0 Å². The summed E-state index contributed by atoms with van der Waals surface area (Å²) in [4.78, 5) is 15.9. The van der Waals surface area contributed by atoms with E-state index in [1.807, 2.05) is 10.8 Å². The van der Waals surface area contributed by atoms with Crippen LogP contribution in [0.5, 0.6) is 0 Å². The molecule has 5 heteroatoms. The van der Waals surface area contributed by atoms with Crippen LogP contribution in [0.25, 0.3) is 0 Å². The van der Waals surface area contributed by atoms with Crippen LogP contribution >= 0.6 is 0 Å². The monoisotopic (exact) mass is 236 g/mol. The second-order valence-corrected chi connectivity index (χ2v) is 4.49. The summed E-state index contributed by atoms with van der Waals surface area (Å²) in [6, 6.07) is 0.424. The van der Waals surface area contributed by atoms with E-state index in [9.17, 15) is 4.79 Å². The van der Waals surface area contributed by atoms with Crippen LogP contribution in [-0.2, 0) is 17.9 Å². The summed E-state index contributed by atoms with van der Waals surface area (Å²) < 4.78 is 1.90. The molecular weight excluding hydrogens is 216 g/mol. The molecule has 1 aliphatic carbocycles. The topological polar surface area (TPSA) is 59.0 Å². The third-order valence-corrected chi connectivity index (χ3v) is 2.77. The molecule has 0 aliphatic heterocycles. The lowest BCUT2D eigenvalue weighted by Crippen LogP contribution is -2.30. The van der Waals surface area contributed by atoms with Crippen molar-refractivity contribution in [3.63, 3.8) is 0 Å². The number of imidazole rings is 1. The molecule has 0 aromatic carbocycles. The van der Waals surface area contributed by atoms with Gasteiger partial charge in [-0.05, 0) is 25.8 Å². The van der Waals surface area contributed by atoms with E-state index in [2.05, 4.69) is 22.5 Å². The average Bonchev–Trinajstić information content (AvgIpc) is 3.00. The molecule has 1 saturated carbocycles. The van der Waals surface area contributed by atoms with Crippen LogP contribution in [0.2, 0.25) is 0 Å². The first-order valence-corrected chi connectivity index (χ1v) is 6.29. The zero-order valence-corrected chi connectivity index (χ0v) is 10.3. The van der Waals surface area contributed by atoms with E-state index in [1.54, 1.807) is 6.20 Å². The molecule has 0 spiro atoms. The Labute approximate surface area is 102 Å². The highest BCUT2D eigenvalue weighted by molar-refractivity contribution is 5.76. The fourth-order valence-corrected chi connectivity index (χ4v) is 1.68. The number of nitrogens with one attached hydrogen (secondary N) is 2. The van der Waals surface area contributed by atoms with Gasteiger partial charge in [-0.1, -0.05) is 6.92 Å². The summed E-state index contributed by atoms with van der Waals surface area (Å²) in [5.41, 5.74) is 0. The second-order valence-electron chi connectivity index (χ2n) is 4.49. The van der Waals surface area contributed by atoms with Crippen LogP contribution in [0.15, 0.2) is 12.4 Å². The molecule has 1 aliphatic rings. The number of hydrogen-bond donors (Lipinski definition) is 2. The molecule has 1 aromatic heterocycles. The van der Waals surface area contributed by atoms with E-state index in [0.717, 1.165) is 38.2 Å². The van der Waals surface area contributed by atoms with E-state index >= 15 is 0 Å². The third kappa shape index (κ3) is 3.85. The summed E-state index contributed by atoms with van der Waals surface area (Å²) in [6.07, 6.45) is 6.95. The molecule has 0 radical (unpaired) electrons. The van der Waals surface area contributed by atoms with Gasteiger partial charge in [-0.2, -0.15) is 0 Å². The average molecular weight is 236 g/mol. The number of carbonyl (C=O) groups excluding carboxylic acids is 1. The number of rotatable bonds is 7. The fourth-order valence-electron chi connectivity index (χ4n) is 1.68. The van der Waals surface area contributed by atoms with Crippen molar-refractivity contribution in [2.75, 3.05) is 6.54 Å². The molecule has 17 heavy (non-hydrogen) atoms. The molecule has 2 rings (SSSR count). The zero-order chi connectivity index (χ0) is 12.1. The Balaban J connectivity index is 1.82. The van der Waals surface area contributed by atoms with Gasteiger partial charge in [0.05, 0.1) is 6.54 Å². The van der Waals surface area contributed by atoms with Gasteiger partial charge in [-0.3, -0.25) is 4.79 Å². The first-order valence-electron chi connectivity index (χ1n) is 6.29. The Morgan fingerprint density at radius 3 is 3.12 bits per heavy atom. The van der Waals surface area contributed by atoms with Crippen LogP contribution < -0.4 is 10.6 Å². The van der Waals surface area contributed by atoms with Gasteiger partial charge < -0.3 is 15.2 Å².